The molecule has 0 fully saturated rings. The second-order valence-electron chi connectivity index (χ2n) is 11.5. The molecule has 0 radical (unpaired) electrons. The number of hydrogen-bond acceptors (Lipinski definition) is 13. The third-order valence-electron chi connectivity index (χ3n) is 6.75. The summed E-state index contributed by atoms with van der Waals surface area (Å²) in [6.45, 7) is 6.57. The van der Waals surface area contributed by atoms with Crippen molar-refractivity contribution >= 4 is 44.7 Å². The summed E-state index contributed by atoms with van der Waals surface area (Å²) >= 11 is 0. The molecule has 15 nitrogen and oxygen atoms in total. The SMILES string of the molecule is CCCCCCCCCCCCOCCCCCCCCCCCC.O=C([O-])CCC(=O)OS(=O)(=O)O.O=C([O-])CCC(=O)OS(=O)(=O)O.[Na+].[Na+]. The van der Waals surface area contributed by atoms with E-state index in [9.17, 15) is 46.2 Å². The van der Waals surface area contributed by atoms with E-state index < -0.39 is 70.4 Å². The minimum Gasteiger partial charge on any atom is -0.550 e. The first-order valence-electron chi connectivity index (χ1n) is 17.4. The van der Waals surface area contributed by atoms with Gasteiger partial charge in [-0.1, -0.05) is 129 Å². The van der Waals surface area contributed by atoms with Crippen LogP contribution in [-0.2, 0) is 53.1 Å². The Balaban J connectivity index is -0.000000228. The molecule has 0 saturated carbocycles. The van der Waals surface area contributed by atoms with Crippen LogP contribution in [0.2, 0.25) is 0 Å². The van der Waals surface area contributed by atoms with Crippen LogP contribution in [0.25, 0.3) is 0 Å². The molecule has 0 atom stereocenters. The fraction of sp³-hybridized carbons (Fsp3) is 0.875. The Kier molecular flexibility index (Phi) is 49.8. The largest absolute Gasteiger partial charge is 1.00 e. The molecular weight excluding hydrogens is 734 g/mol. The number of hydrogen-bond donors (Lipinski definition) is 2. The Morgan fingerprint density at radius 2 is 0.686 bits per heavy atom. The summed E-state index contributed by atoms with van der Waals surface area (Å²) in [5.74, 6) is -5.71. The number of carbonyl (C=O) groups excluding carboxylic acids is 4. The standard InChI is InChI=1S/C24H50O.2C4H6O7S.2Na/c1-3-5-7-9-11-13-15-17-19-21-23-25-24-22-20-18-16-14-12-10-8-6-4-2;2*5-3(6)1-2-4(7)11-12(8,9)10;;/h3-24H2,1-2H3;2*1-2H2,(H,5,6)(H,8,9,10);;/q;;;2*+1/p-2. The minimum absolute atomic E-state index is 0. The molecule has 19 heteroatoms. The normalized spacial score (nSPS) is 10.6. The quantitative estimate of drug-likeness (QED) is 0.0481. The van der Waals surface area contributed by atoms with E-state index in [0.717, 1.165) is 13.2 Å². The van der Waals surface area contributed by atoms with Gasteiger partial charge in [0.2, 0.25) is 0 Å². The van der Waals surface area contributed by atoms with E-state index in [0.29, 0.717) is 0 Å². The maximum atomic E-state index is 10.3. The zero-order valence-corrected chi connectivity index (χ0v) is 37.0. The maximum absolute atomic E-state index is 10.3. The van der Waals surface area contributed by atoms with Crippen molar-refractivity contribution in [1.29, 1.82) is 0 Å². The van der Waals surface area contributed by atoms with E-state index in [4.69, 9.17) is 13.8 Å². The number of carbonyl (C=O) groups is 4. The average Bonchev–Trinajstić information content (AvgIpc) is 2.99. The van der Waals surface area contributed by atoms with Gasteiger partial charge in [-0.2, -0.15) is 16.8 Å². The maximum Gasteiger partial charge on any atom is 1.00 e. The van der Waals surface area contributed by atoms with Crippen molar-refractivity contribution in [2.45, 2.75) is 168 Å². The fourth-order valence-corrected chi connectivity index (χ4v) is 4.85. The molecule has 0 bridgehead atoms. The van der Waals surface area contributed by atoms with Crippen LogP contribution in [0.3, 0.4) is 0 Å². The molecule has 0 rings (SSSR count). The molecule has 0 spiro atoms. The Hall–Kier alpha value is -0.340. The van der Waals surface area contributed by atoms with Crippen LogP contribution in [0.1, 0.15) is 168 Å². The predicted molar refractivity (Wildman–Crippen MR) is 178 cm³/mol. The van der Waals surface area contributed by atoms with E-state index in [2.05, 4.69) is 22.2 Å². The van der Waals surface area contributed by atoms with Gasteiger partial charge in [0.05, 0.1) is 12.8 Å². The summed E-state index contributed by atoms with van der Waals surface area (Å²) in [4.78, 5) is 40.1. The van der Waals surface area contributed by atoms with Gasteiger partial charge in [0.1, 0.15) is 0 Å². The van der Waals surface area contributed by atoms with Crippen molar-refractivity contribution in [2.75, 3.05) is 13.2 Å². The van der Waals surface area contributed by atoms with Crippen molar-refractivity contribution < 1.29 is 128 Å². The molecule has 0 aromatic rings. The van der Waals surface area contributed by atoms with E-state index in [-0.39, 0.29) is 59.1 Å². The molecular formula is C32H60Na2O15S2. The summed E-state index contributed by atoms with van der Waals surface area (Å²) in [6, 6.07) is 0. The van der Waals surface area contributed by atoms with Gasteiger partial charge in [0, 0.05) is 25.2 Å². The van der Waals surface area contributed by atoms with Gasteiger partial charge >= 0.3 is 91.9 Å². The van der Waals surface area contributed by atoms with Gasteiger partial charge in [-0.05, 0) is 25.7 Å². The van der Waals surface area contributed by atoms with Crippen molar-refractivity contribution in [3.8, 4) is 0 Å². The Bertz CT molecular complexity index is 975. The molecule has 292 valence electrons. The molecule has 2 N–H and O–H groups in total. The van der Waals surface area contributed by atoms with Crippen molar-refractivity contribution in [1.82, 2.24) is 0 Å². The summed E-state index contributed by atoms with van der Waals surface area (Å²) in [5.41, 5.74) is 0. The summed E-state index contributed by atoms with van der Waals surface area (Å²) < 4.78 is 67.7. The second-order valence-corrected chi connectivity index (χ2v) is 13.5. The first-order valence-corrected chi connectivity index (χ1v) is 20.1. The summed E-state index contributed by atoms with van der Waals surface area (Å²) in [7, 11) is -9.67. The smallest absolute Gasteiger partial charge is 0.550 e. The predicted octanol–water partition coefficient (Wildman–Crippen LogP) is -1.42. The second kappa shape index (κ2) is 42.4. The van der Waals surface area contributed by atoms with E-state index in [1.807, 2.05) is 0 Å². The van der Waals surface area contributed by atoms with E-state index in [1.54, 1.807) is 0 Å². The molecule has 0 aliphatic rings. The van der Waals surface area contributed by atoms with Crippen LogP contribution in [-0.4, -0.2) is 63.0 Å². The van der Waals surface area contributed by atoms with Gasteiger partial charge in [0.25, 0.3) is 0 Å². The topological polar surface area (TPSA) is 251 Å². The van der Waals surface area contributed by atoms with Crippen LogP contribution < -0.4 is 69.3 Å². The molecule has 0 aromatic carbocycles. The number of rotatable bonds is 30. The molecule has 0 aliphatic heterocycles. The monoisotopic (exact) mass is 794 g/mol. The zero-order chi connectivity index (χ0) is 37.8. The van der Waals surface area contributed by atoms with Crippen LogP contribution >= 0.6 is 0 Å². The molecule has 0 heterocycles. The molecule has 0 unspecified atom stereocenters. The number of unbranched alkanes of at least 4 members (excludes halogenated alkanes) is 18. The third-order valence-corrected chi connectivity index (χ3v) is 7.54. The van der Waals surface area contributed by atoms with Crippen molar-refractivity contribution in [2.24, 2.45) is 0 Å². The number of carboxylic acids is 2. The van der Waals surface area contributed by atoms with Gasteiger partial charge in [-0.25, -0.2) is 0 Å². The number of aliphatic carboxylic acids is 2. The molecule has 0 aromatic heterocycles. The van der Waals surface area contributed by atoms with Gasteiger partial charge in [-0.3, -0.25) is 18.7 Å². The summed E-state index contributed by atoms with van der Waals surface area (Å²) in [5, 5.41) is 19.5. The molecule has 0 aliphatic carbocycles. The number of carboxylic acid groups (broad SMARTS) is 2. The van der Waals surface area contributed by atoms with Crippen LogP contribution in [0.5, 0.6) is 0 Å². The van der Waals surface area contributed by atoms with E-state index >= 15 is 0 Å². The first kappa shape index (κ1) is 59.9. The Morgan fingerprint density at radius 1 is 0.451 bits per heavy atom. The van der Waals surface area contributed by atoms with Crippen LogP contribution in [0, 0.1) is 0 Å². The number of ether oxygens (including phenoxy) is 1. The van der Waals surface area contributed by atoms with Crippen molar-refractivity contribution in [3.05, 3.63) is 0 Å². The van der Waals surface area contributed by atoms with Gasteiger partial charge in [-0.15, -0.1) is 0 Å². The molecule has 0 saturated heterocycles. The van der Waals surface area contributed by atoms with Crippen LogP contribution in [0.15, 0.2) is 0 Å². The molecule has 51 heavy (non-hydrogen) atoms. The average molecular weight is 795 g/mol. The third kappa shape index (κ3) is 65.0. The molecule has 0 amide bonds. The first-order chi connectivity index (χ1) is 23.0. The fourth-order valence-electron chi connectivity index (χ4n) is 4.21. The Labute approximate surface area is 350 Å². The van der Waals surface area contributed by atoms with Crippen molar-refractivity contribution in [3.63, 3.8) is 0 Å². The zero-order valence-electron chi connectivity index (χ0n) is 31.4. The summed E-state index contributed by atoms with van der Waals surface area (Å²) in [6.07, 6.45) is 25.5. The Morgan fingerprint density at radius 3 is 0.902 bits per heavy atom. The minimum atomic E-state index is -4.83. The van der Waals surface area contributed by atoms with E-state index in [1.165, 1.54) is 128 Å². The van der Waals surface area contributed by atoms with Gasteiger partial charge < -0.3 is 32.9 Å². The van der Waals surface area contributed by atoms with Crippen LogP contribution in [0.4, 0.5) is 0 Å². The van der Waals surface area contributed by atoms with Gasteiger partial charge in [0.15, 0.2) is 0 Å².